The van der Waals surface area contributed by atoms with Gasteiger partial charge in [-0.3, -0.25) is 4.98 Å². The average Bonchev–Trinajstić information content (AvgIpc) is 2.38. The molecule has 2 aromatic rings. The molecular weight excluding hydrogens is 254 g/mol. The normalized spacial score (nSPS) is 11.4. The summed E-state index contributed by atoms with van der Waals surface area (Å²) in [6.07, 6.45) is 0. The number of fused-ring (bicyclic) bond motifs is 1. The molecule has 0 unspecified atom stereocenters. The summed E-state index contributed by atoms with van der Waals surface area (Å²) in [7, 11) is 0. The van der Waals surface area contributed by atoms with Crippen molar-refractivity contribution in [2.75, 3.05) is 6.61 Å². The van der Waals surface area contributed by atoms with Crippen LogP contribution in [0.4, 0.5) is 0 Å². The van der Waals surface area contributed by atoms with Gasteiger partial charge in [-0.25, -0.2) is 4.79 Å². The Morgan fingerprint density at radius 3 is 2.70 bits per heavy atom. The summed E-state index contributed by atoms with van der Waals surface area (Å²) in [5.41, 5.74) is 0.660. The smallest absolute Gasteiger partial charge is 0.349 e. The van der Waals surface area contributed by atoms with Gasteiger partial charge in [0.25, 0.3) is 0 Å². The molecule has 1 aromatic heterocycles. The van der Waals surface area contributed by atoms with Gasteiger partial charge in [-0.05, 0) is 39.8 Å². The maximum Gasteiger partial charge on any atom is 0.349 e. The number of esters is 1. The van der Waals surface area contributed by atoms with Gasteiger partial charge in [0.2, 0.25) is 0 Å². The summed E-state index contributed by atoms with van der Waals surface area (Å²) >= 11 is 0. The van der Waals surface area contributed by atoms with E-state index in [0.717, 1.165) is 16.6 Å². The van der Waals surface area contributed by atoms with Crippen LogP contribution in [0.2, 0.25) is 0 Å². The first-order chi connectivity index (χ1) is 9.44. The van der Waals surface area contributed by atoms with Gasteiger partial charge in [-0.2, -0.15) is 0 Å². The van der Waals surface area contributed by atoms with Crippen LogP contribution in [0.1, 0.15) is 26.5 Å². The van der Waals surface area contributed by atoms with Crippen molar-refractivity contribution in [3.05, 3.63) is 36.0 Å². The lowest BCUT2D eigenvalue weighted by Crippen LogP contribution is -2.39. The van der Waals surface area contributed by atoms with Crippen molar-refractivity contribution in [2.24, 2.45) is 0 Å². The Morgan fingerprint density at radius 1 is 1.30 bits per heavy atom. The maximum absolute atomic E-state index is 11.9. The van der Waals surface area contributed by atoms with E-state index in [4.69, 9.17) is 9.47 Å². The molecule has 4 nitrogen and oxygen atoms in total. The van der Waals surface area contributed by atoms with E-state index in [0.29, 0.717) is 12.4 Å². The van der Waals surface area contributed by atoms with Gasteiger partial charge < -0.3 is 9.47 Å². The number of carbonyl (C=O) groups excluding carboxylic acids is 1. The minimum absolute atomic E-state index is 0.335. The van der Waals surface area contributed by atoms with Gasteiger partial charge in [0.05, 0.1) is 12.1 Å². The first-order valence-corrected chi connectivity index (χ1v) is 6.66. The fourth-order valence-electron chi connectivity index (χ4n) is 1.98. The van der Waals surface area contributed by atoms with Crippen molar-refractivity contribution < 1.29 is 14.3 Å². The van der Waals surface area contributed by atoms with E-state index < -0.39 is 5.60 Å². The van der Waals surface area contributed by atoms with Crippen LogP contribution < -0.4 is 4.74 Å². The zero-order chi connectivity index (χ0) is 14.8. The molecule has 2 rings (SSSR count). The molecule has 0 fully saturated rings. The third-order valence-corrected chi connectivity index (χ3v) is 2.94. The summed E-state index contributed by atoms with van der Waals surface area (Å²) in [4.78, 5) is 16.4. The van der Waals surface area contributed by atoms with Crippen LogP contribution in [-0.4, -0.2) is 23.2 Å². The quantitative estimate of drug-likeness (QED) is 0.802. The highest BCUT2D eigenvalue weighted by Crippen LogP contribution is 2.28. The highest BCUT2D eigenvalue weighted by Gasteiger charge is 2.32. The SMILES string of the molecule is CCOC(=O)C(C)(C)Oc1cc(C)nc2ccccc12. The number of hydrogen-bond acceptors (Lipinski definition) is 4. The monoisotopic (exact) mass is 273 g/mol. The molecule has 0 spiro atoms. The highest BCUT2D eigenvalue weighted by molar-refractivity contribution is 5.86. The second kappa shape index (κ2) is 5.49. The molecule has 0 aliphatic rings. The number of carbonyl (C=O) groups is 1. The molecule has 0 saturated carbocycles. The molecule has 0 aliphatic heterocycles. The summed E-state index contributed by atoms with van der Waals surface area (Å²) < 4.78 is 10.9. The zero-order valence-electron chi connectivity index (χ0n) is 12.3. The van der Waals surface area contributed by atoms with Crippen LogP contribution in [-0.2, 0) is 9.53 Å². The van der Waals surface area contributed by atoms with Crippen molar-refractivity contribution in [1.29, 1.82) is 0 Å². The van der Waals surface area contributed by atoms with E-state index >= 15 is 0 Å². The Kier molecular flexibility index (Phi) is 3.93. The molecule has 0 amide bonds. The van der Waals surface area contributed by atoms with E-state index in [-0.39, 0.29) is 5.97 Å². The molecule has 0 N–H and O–H groups in total. The molecular formula is C16H19NO3. The lowest BCUT2D eigenvalue weighted by Gasteiger charge is -2.25. The number of nitrogens with zero attached hydrogens (tertiary/aromatic N) is 1. The van der Waals surface area contributed by atoms with Crippen molar-refractivity contribution in [3.63, 3.8) is 0 Å². The Balaban J connectivity index is 2.40. The molecule has 0 bridgehead atoms. The fourth-order valence-corrected chi connectivity index (χ4v) is 1.98. The Hall–Kier alpha value is -2.10. The number of benzene rings is 1. The highest BCUT2D eigenvalue weighted by atomic mass is 16.6. The van der Waals surface area contributed by atoms with E-state index in [1.54, 1.807) is 20.8 Å². The number of para-hydroxylation sites is 1. The number of aryl methyl sites for hydroxylation is 1. The van der Waals surface area contributed by atoms with Gasteiger partial charge in [0.1, 0.15) is 5.75 Å². The predicted molar refractivity (Wildman–Crippen MR) is 77.8 cm³/mol. The van der Waals surface area contributed by atoms with Crippen LogP contribution in [0.25, 0.3) is 10.9 Å². The topological polar surface area (TPSA) is 48.4 Å². The molecule has 0 radical (unpaired) electrons. The first-order valence-electron chi connectivity index (χ1n) is 6.66. The summed E-state index contributed by atoms with van der Waals surface area (Å²) in [5.74, 6) is 0.268. The molecule has 0 saturated heterocycles. The molecule has 20 heavy (non-hydrogen) atoms. The minimum atomic E-state index is -1.04. The van der Waals surface area contributed by atoms with E-state index in [9.17, 15) is 4.79 Å². The summed E-state index contributed by atoms with van der Waals surface area (Å²) in [6.45, 7) is 7.42. The number of ether oxygens (including phenoxy) is 2. The third kappa shape index (κ3) is 2.90. The number of rotatable bonds is 4. The molecule has 0 aliphatic carbocycles. The number of pyridine rings is 1. The van der Waals surface area contributed by atoms with Gasteiger partial charge in [-0.1, -0.05) is 12.1 Å². The Morgan fingerprint density at radius 2 is 2.00 bits per heavy atom. The lowest BCUT2D eigenvalue weighted by atomic mass is 10.1. The zero-order valence-corrected chi connectivity index (χ0v) is 12.3. The van der Waals surface area contributed by atoms with Crippen LogP contribution in [0.15, 0.2) is 30.3 Å². The third-order valence-electron chi connectivity index (χ3n) is 2.94. The summed E-state index contributed by atoms with van der Waals surface area (Å²) in [6, 6.07) is 9.53. The van der Waals surface area contributed by atoms with Crippen LogP contribution >= 0.6 is 0 Å². The van der Waals surface area contributed by atoms with E-state index in [1.807, 2.05) is 37.3 Å². The van der Waals surface area contributed by atoms with Gasteiger partial charge >= 0.3 is 5.97 Å². The van der Waals surface area contributed by atoms with Crippen LogP contribution in [0.3, 0.4) is 0 Å². The van der Waals surface area contributed by atoms with Crippen molar-refractivity contribution in [3.8, 4) is 5.75 Å². The minimum Gasteiger partial charge on any atom is -0.475 e. The second-order valence-electron chi connectivity index (χ2n) is 5.11. The van der Waals surface area contributed by atoms with Gasteiger partial charge in [0.15, 0.2) is 5.60 Å². The number of hydrogen-bond donors (Lipinski definition) is 0. The predicted octanol–water partition coefficient (Wildman–Crippen LogP) is 3.26. The lowest BCUT2D eigenvalue weighted by molar-refractivity contribution is -0.158. The summed E-state index contributed by atoms with van der Waals surface area (Å²) in [5, 5.41) is 0.885. The standard InChI is InChI=1S/C16H19NO3/c1-5-19-15(18)16(3,4)20-14-10-11(2)17-13-9-7-6-8-12(13)14/h6-10H,5H2,1-4H3. The van der Waals surface area contributed by atoms with Crippen molar-refractivity contribution in [2.45, 2.75) is 33.3 Å². The van der Waals surface area contributed by atoms with Crippen molar-refractivity contribution >= 4 is 16.9 Å². The Bertz CT molecular complexity index is 635. The first kappa shape index (κ1) is 14.3. The second-order valence-corrected chi connectivity index (χ2v) is 5.11. The fraction of sp³-hybridized carbons (Fsp3) is 0.375. The van der Waals surface area contributed by atoms with Gasteiger partial charge in [-0.15, -0.1) is 0 Å². The van der Waals surface area contributed by atoms with Crippen LogP contribution in [0, 0.1) is 6.92 Å². The molecule has 106 valence electrons. The van der Waals surface area contributed by atoms with E-state index in [1.165, 1.54) is 0 Å². The Labute approximate surface area is 118 Å². The molecule has 1 heterocycles. The number of aromatic nitrogens is 1. The maximum atomic E-state index is 11.9. The average molecular weight is 273 g/mol. The van der Waals surface area contributed by atoms with E-state index in [2.05, 4.69) is 4.98 Å². The molecule has 1 aromatic carbocycles. The largest absolute Gasteiger partial charge is 0.475 e. The van der Waals surface area contributed by atoms with Gasteiger partial charge in [0, 0.05) is 17.1 Å². The molecule has 0 atom stereocenters. The van der Waals surface area contributed by atoms with Crippen molar-refractivity contribution in [1.82, 2.24) is 4.98 Å². The molecule has 4 heteroatoms. The van der Waals surface area contributed by atoms with Crippen LogP contribution in [0.5, 0.6) is 5.75 Å².